The van der Waals surface area contributed by atoms with Gasteiger partial charge in [-0.2, -0.15) is 0 Å². The van der Waals surface area contributed by atoms with Gasteiger partial charge in [0.1, 0.15) is 0 Å². The van der Waals surface area contributed by atoms with Crippen LogP contribution in [-0.2, 0) is 12.8 Å². The van der Waals surface area contributed by atoms with Crippen molar-refractivity contribution in [3.8, 4) is 0 Å². The van der Waals surface area contributed by atoms with E-state index in [0.29, 0.717) is 6.42 Å². The molecule has 0 radical (unpaired) electrons. The fraction of sp³-hybridized carbons (Fsp3) is 0.500. The molecule has 0 unspecified atom stereocenters. The van der Waals surface area contributed by atoms with Gasteiger partial charge in [0.15, 0.2) is 0 Å². The lowest BCUT2D eigenvalue weighted by molar-refractivity contribution is 0.473. The number of benzene rings is 1. The summed E-state index contributed by atoms with van der Waals surface area (Å²) in [7, 11) is 0. The Morgan fingerprint density at radius 1 is 1.15 bits per heavy atom. The van der Waals surface area contributed by atoms with Crippen molar-refractivity contribution in [1.29, 1.82) is 0 Å². The van der Waals surface area contributed by atoms with Gasteiger partial charge in [-0.3, -0.25) is 4.39 Å². The minimum Gasteiger partial charge on any atom is -0.251 e. The smallest absolute Gasteiger partial charge is 0.0897 e. The van der Waals surface area contributed by atoms with Gasteiger partial charge >= 0.3 is 0 Å². The first-order chi connectivity index (χ1) is 6.26. The van der Waals surface area contributed by atoms with Crippen LogP contribution in [0.2, 0.25) is 0 Å². The molecule has 1 aromatic carbocycles. The average Bonchev–Trinajstić information content (AvgIpc) is 2.14. The second-order valence-electron chi connectivity index (χ2n) is 3.47. The van der Waals surface area contributed by atoms with Crippen molar-refractivity contribution >= 4 is 0 Å². The van der Waals surface area contributed by atoms with Crippen molar-refractivity contribution in [3.05, 3.63) is 34.9 Å². The van der Waals surface area contributed by atoms with Gasteiger partial charge in [0, 0.05) is 0 Å². The summed E-state index contributed by atoms with van der Waals surface area (Å²) in [5.41, 5.74) is 3.91. The maximum absolute atomic E-state index is 12.0. The lowest BCUT2D eigenvalue weighted by Gasteiger charge is -2.04. The van der Waals surface area contributed by atoms with E-state index in [4.69, 9.17) is 0 Å². The highest BCUT2D eigenvalue weighted by molar-refractivity contribution is 5.29. The Labute approximate surface area is 79.8 Å². The van der Waals surface area contributed by atoms with Gasteiger partial charge in [-0.25, -0.2) is 0 Å². The van der Waals surface area contributed by atoms with E-state index >= 15 is 0 Å². The van der Waals surface area contributed by atoms with Crippen LogP contribution >= 0.6 is 0 Å². The van der Waals surface area contributed by atoms with Crippen molar-refractivity contribution in [2.45, 2.75) is 33.1 Å². The standard InChI is InChI=1S/C12H17F/c1-3-11-7-10(2)8-12(9-11)5-4-6-13/h7-9H,3-6H2,1-2H3. The summed E-state index contributed by atoms with van der Waals surface area (Å²) in [6.07, 6.45) is 2.57. The highest BCUT2D eigenvalue weighted by Crippen LogP contribution is 2.12. The Balaban J connectivity index is 2.76. The molecule has 0 nitrogen and oxygen atoms in total. The molecule has 0 aliphatic rings. The molecule has 0 spiro atoms. The van der Waals surface area contributed by atoms with E-state index in [-0.39, 0.29) is 6.67 Å². The Kier molecular flexibility index (Phi) is 3.94. The first kappa shape index (κ1) is 10.2. The van der Waals surface area contributed by atoms with E-state index in [0.717, 1.165) is 12.8 Å². The van der Waals surface area contributed by atoms with Crippen LogP contribution in [0.15, 0.2) is 18.2 Å². The first-order valence-corrected chi connectivity index (χ1v) is 4.91. The molecule has 1 rings (SSSR count). The van der Waals surface area contributed by atoms with E-state index in [9.17, 15) is 4.39 Å². The van der Waals surface area contributed by atoms with Crippen molar-refractivity contribution in [2.24, 2.45) is 0 Å². The third-order valence-electron chi connectivity index (χ3n) is 2.20. The van der Waals surface area contributed by atoms with Crippen LogP contribution in [0.25, 0.3) is 0 Å². The van der Waals surface area contributed by atoms with Crippen LogP contribution in [0.1, 0.15) is 30.0 Å². The van der Waals surface area contributed by atoms with E-state index in [1.807, 2.05) is 0 Å². The molecular formula is C12H17F. The molecule has 1 heteroatoms. The van der Waals surface area contributed by atoms with Crippen molar-refractivity contribution in [3.63, 3.8) is 0 Å². The zero-order chi connectivity index (χ0) is 9.68. The topological polar surface area (TPSA) is 0 Å². The maximum Gasteiger partial charge on any atom is 0.0897 e. The molecule has 0 aliphatic carbocycles. The molecule has 0 saturated carbocycles. The van der Waals surface area contributed by atoms with Gasteiger partial charge in [0.25, 0.3) is 0 Å². The zero-order valence-electron chi connectivity index (χ0n) is 8.44. The van der Waals surface area contributed by atoms with Crippen LogP contribution < -0.4 is 0 Å². The number of alkyl halides is 1. The fourth-order valence-electron chi connectivity index (χ4n) is 1.57. The Morgan fingerprint density at radius 3 is 2.46 bits per heavy atom. The molecule has 0 aromatic heterocycles. The zero-order valence-corrected chi connectivity index (χ0v) is 8.44. The Bertz CT molecular complexity index is 266. The van der Waals surface area contributed by atoms with Crippen molar-refractivity contribution < 1.29 is 4.39 Å². The summed E-state index contributed by atoms with van der Waals surface area (Å²) in [5.74, 6) is 0. The average molecular weight is 180 g/mol. The molecule has 0 fully saturated rings. The van der Waals surface area contributed by atoms with E-state index in [1.54, 1.807) is 0 Å². The van der Waals surface area contributed by atoms with Gasteiger partial charge < -0.3 is 0 Å². The van der Waals surface area contributed by atoms with Crippen LogP contribution in [0, 0.1) is 6.92 Å². The highest BCUT2D eigenvalue weighted by Gasteiger charge is 1.97. The van der Waals surface area contributed by atoms with Crippen LogP contribution in [-0.4, -0.2) is 6.67 Å². The van der Waals surface area contributed by atoms with Crippen LogP contribution in [0.5, 0.6) is 0 Å². The summed E-state index contributed by atoms with van der Waals surface area (Å²) in [5, 5.41) is 0. The Morgan fingerprint density at radius 2 is 1.85 bits per heavy atom. The number of hydrogen-bond donors (Lipinski definition) is 0. The summed E-state index contributed by atoms with van der Waals surface area (Å²) in [4.78, 5) is 0. The molecule has 0 saturated heterocycles. The summed E-state index contributed by atoms with van der Waals surface area (Å²) in [6, 6.07) is 6.52. The van der Waals surface area contributed by atoms with Gasteiger partial charge in [-0.05, 0) is 37.3 Å². The lowest BCUT2D eigenvalue weighted by Crippen LogP contribution is -1.91. The summed E-state index contributed by atoms with van der Waals surface area (Å²) >= 11 is 0. The van der Waals surface area contributed by atoms with Gasteiger partial charge in [-0.15, -0.1) is 0 Å². The summed E-state index contributed by atoms with van der Waals surface area (Å²) < 4.78 is 12.0. The third kappa shape index (κ3) is 3.17. The predicted octanol–water partition coefficient (Wildman–Crippen LogP) is 3.46. The third-order valence-corrected chi connectivity index (χ3v) is 2.20. The molecule has 0 atom stereocenters. The van der Waals surface area contributed by atoms with Gasteiger partial charge in [0.05, 0.1) is 6.67 Å². The number of rotatable bonds is 4. The van der Waals surface area contributed by atoms with Crippen LogP contribution in [0.4, 0.5) is 4.39 Å². The molecule has 1 aromatic rings. The predicted molar refractivity (Wildman–Crippen MR) is 54.9 cm³/mol. The summed E-state index contributed by atoms with van der Waals surface area (Å²) in [6.45, 7) is 4.03. The minimum absolute atomic E-state index is 0.213. The number of halogens is 1. The van der Waals surface area contributed by atoms with E-state index in [2.05, 4.69) is 32.0 Å². The highest BCUT2D eigenvalue weighted by atomic mass is 19.1. The number of hydrogen-bond acceptors (Lipinski definition) is 0. The molecule has 13 heavy (non-hydrogen) atoms. The number of aryl methyl sites for hydroxylation is 3. The quantitative estimate of drug-likeness (QED) is 0.665. The second-order valence-corrected chi connectivity index (χ2v) is 3.47. The maximum atomic E-state index is 12.0. The normalized spacial score (nSPS) is 10.4. The molecule has 0 N–H and O–H groups in total. The first-order valence-electron chi connectivity index (χ1n) is 4.91. The molecular weight excluding hydrogens is 163 g/mol. The largest absolute Gasteiger partial charge is 0.251 e. The minimum atomic E-state index is -0.213. The molecule has 0 aliphatic heterocycles. The van der Waals surface area contributed by atoms with Gasteiger partial charge in [-0.1, -0.05) is 30.7 Å². The lowest BCUT2D eigenvalue weighted by atomic mass is 10.0. The molecule has 0 heterocycles. The van der Waals surface area contributed by atoms with Crippen molar-refractivity contribution in [1.82, 2.24) is 0 Å². The van der Waals surface area contributed by atoms with E-state index < -0.39 is 0 Å². The Hall–Kier alpha value is -0.850. The monoisotopic (exact) mass is 180 g/mol. The molecule has 0 amide bonds. The molecule has 72 valence electrons. The second kappa shape index (κ2) is 5.00. The van der Waals surface area contributed by atoms with Gasteiger partial charge in [0.2, 0.25) is 0 Å². The fourth-order valence-corrected chi connectivity index (χ4v) is 1.57. The van der Waals surface area contributed by atoms with Crippen LogP contribution in [0.3, 0.4) is 0 Å². The molecule has 0 bridgehead atoms. The van der Waals surface area contributed by atoms with Crippen molar-refractivity contribution in [2.75, 3.05) is 6.67 Å². The van der Waals surface area contributed by atoms with E-state index in [1.165, 1.54) is 16.7 Å². The SMILES string of the molecule is CCc1cc(C)cc(CCCF)c1.